The molecule has 0 nitrogen and oxygen atoms in total. The van der Waals surface area contributed by atoms with Gasteiger partial charge in [0, 0.05) is 22.3 Å². The van der Waals surface area contributed by atoms with Crippen molar-refractivity contribution in [2.24, 2.45) is 0 Å². The summed E-state index contributed by atoms with van der Waals surface area (Å²) in [6.07, 6.45) is 0. The quantitative estimate of drug-likeness (QED) is 0.0936. The molecule has 10 aromatic rings. The Morgan fingerprint density at radius 3 is 0.459 bits per heavy atom. The molecule has 2 aliphatic rings. The van der Waals surface area contributed by atoms with Gasteiger partial charge in [-0.2, -0.15) is 0 Å². The van der Waals surface area contributed by atoms with Crippen molar-refractivity contribution in [3.05, 3.63) is 189 Å². The van der Waals surface area contributed by atoms with Crippen LogP contribution in [0, 0.1) is 116 Å². The third-order valence-electron chi connectivity index (χ3n) is 13.5. The number of halogens is 20. The number of rotatable bonds is 4. The maximum Gasteiger partial charge on any atom is 0.200 e. The molecule has 74 heavy (non-hydrogen) atoms. The van der Waals surface area contributed by atoms with Gasteiger partial charge in [0.1, 0.15) is 0 Å². The lowest BCUT2D eigenvalue weighted by atomic mass is 9.81. The van der Waals surface area contributed by atoms with Gasteiger partial charge in [-0.3, -0.25) is 0 Å². The second-order valence-corrected chi connectivity index (χ2v) is 16.9. The highest BCUT2D eigenvalue weighted by Gasteiger charge is 2.43. The second-order valence-electron chi connectivity index (χ2n) is 16.9. The highest BCUT2D eigenvalue weighted by atomic mass is 19.2. The molecule has 0 saturated carbocycles. The van der Waals surface area contributed by atoms with E-state index in [0.29, 0.717) is 0 Å². The summed E-state index contributed by atoms with van der Waals surface area (Å²) in [5, 5.41) is -3.41. The first kappa shape index (κ1) is 46.6. The molecule has 20 heteroatoms. The summed E-state index contributed by atoms with van der Waals surface area (Å²) < 4.78 is 312. The summed E-state index contributed by atoms with van der Waals surface area (Å²) >= 11 is 0. The van der Waals surface area contributed by atoms with Crippen LogP contribution < -0.4 is 0 Å². The van der Waals surface area contributed by atoms with Gasteiger partial charge < -0.3 is 0 Å². The van der Waals surface area contributed by atoms with E-state index in [1.54, 1.807) is 0 Å². The Labute approximate surface area is 397 Å². The predicted octanol–water partition coefficient (Wildman–Crippen LogP) is 17.9. The molecular formula is C54H12F20. The van der Waals surface area contributed by atoms with E-state index in [1.807, 2.05) is 0 Å². The van der Waals surface area contributed by atoms with Crippen LogP contribution in [0.15, 0.2) is 72.8 Å². The molecule has 2 aliphatic carbocycles. The van der Waals surface area contributed by atoms with E-state index in [1.165, 1.54) is 0 Å². The number of hydrogen-bond acceptors (Lipinski definition) is 0. The molecule has 0 atom stereocenters. The van der Waals surface area contributed by atoms with Crippen LogP contribution in [-0.4, -0.2) is 0 Å². The van der Waals surface area contributed by atoms with Gasteiger partial charge in [0.05, 0.1) is 22.3 Å². The van der Waals surface area contributed by atoms with Gasteiger partial charge in [-0.25, -0.2) is 87.8 Å². The van der Waals surface area contributed by atoms with E-state index in [-0.39, 0.29) is 0 Å². The first-order chi connectivity index (χ1) is 35.1. The molecule has 0 saturated heterocycles. The predicted molar refractivity (Wildman–Crippen MR) is 229 cm³/mol. The summed E-state index contributed by atoms with van der Waals surface area (Å²) in [5.41, 5.74) is -15.5. The molecule has 10 aromatic carbocycles. The summed E-state index contributed by atoms with van der Waals surface area (Å²) in [6, 6.07) is 11.9. The fourth-order valence-corrected chi connectivity index (χ4v) is 10.6. The van der Waals surface area contributed by atoms with Crippen molar-refractivity contribution < 1.29 is 87.8 Å². The van der Waals surface area contributed by atoms with E-state index >= 15 is 70.2 Å². The van der Waals surface area contributed by atoms with Crippen molar-refractivity contribution in [2.75, 3.05) is 0 Å². The van der Waals surface area contributed by atoms with Gasteiger partial charge in [-0.15, -0.1) is 0 Å². The largest absolute Gasteiger partial charge is 0.203 e. The third-order valence-corrected chi connectivity index (χ3v) is 13.5. The van der Waals surface area contributed by atoms with E-state index < -0.39 is 238 Å². The van der Waals surface area contributed by atoms with Gasteiger partial charge in [-0.1, -0.05) is 72.8 Å². The first-order valence-corrected chi connectivity index (χ1v) is 21.0. The highest BCUT2D eigenvalue weighted by molar-refractivity contribution is 6.35. The molecule has 0 aliphatic heterocycles. The minimum Gasteiger partial charge on any atom is -0.203 e. The molecule has 12 rings (SSSR count). The van der Waals surface area contributed by atoms with Crippen molar-refractivity contribution in [1.29, 1.82) is 0 Å². The van der Waals surface area contributed by atoms with Gasteiger partial charge >= 0.3 is 0 Å². The zero-order chi connectivity index (χ0) is 52.7. The van der Waals surface area contributed by atoms with Gasteiger partial charge in [0.15, 0.2) is 93.1 Å². The minimum absolute atomic E-state index is 0.410. The standard InChI is InChI=1S/C54H12F20/c55-35-31(36(56)44(64)51(71)43(35)63)23-13-5-1-2-6-14(13)24(32-37(57)45(65)52(72)46(66)38(32)58)28-18-11-12-20-22-19(10-9-17(21(18)22)27(23)28)29-25(33-39(59)47(67)53(73)48(68)40(33)60)15-7-3-4-8-16(15)26(30(20)29)34-41(61)49(69)54(74)50(70)42(34)62/h1-12H. The Hall–Kier alpha value is -8.42. The van der Waals surface area contributed by atoms with Crippen molar-refractivity contribution in [2.45, 2.75) is 0 Å². The highest BCUT2D eigenvalue weighted by Crippen LogP contribution is 2.65. The smallest absolute Gasteiger partial charge is 0.200 e. The van der Waals surface area contributed by atoms with Crippen LogP contribution >= 0.6 is 0 Å². The molecule has 0 radical (unpaired) electrons. The number of benzene rings is 10. The summed E-state index contributed by atoms with van der Waals surface area (Å²) in [7, 11) is 0. The Morgan fingerprint density at radius 1 is 0.149 bits per heavy atom. The van der Waals surface area contributed by atoms with Crippen LogP contribution in [0.1, 0.15) is 0 Å². The third kappa shape index (κ3) is 5.56. The average molecular weight is 1040 g/mol. The average Bonchev–Trinajstić information content (AvgIpc) is 3.93. The minimum atomic E-state index is -2.65. The Bertz CT molecular complexity index is 3700. The fourth-order valence-electron chi connectivity index (χ4n) is 10.6. The van der Waals surface area contributed by atoms with Crippen molar-refractivity contribution >= 4 is 32.3 Å². The summed E-state index contributed by atoms with van der Waals surface area (Å²) in [5.74, 6) is -50.6. The first-order valence-electron chi connectivity index (χ1n) is 21.0. The van der Waals surface area contributed by atoms with Gasteiger partial charge in [-0.05, 0) is 76.8 Å². The molecule has 0 unspecified atom stereocenters. The Balaban J connectivity index is 1.34. The molecule has 0 heterocycles. The second kappa shape index (κ2) is 15.5. The lowest BCUT2D eigenvalue weighted by molar-refractivity contribution is 0.381. The molecule has 0 aromatic heterocycles. The van der Waals surface area contributed by atoms with Crippen LogP contribution in [-0.2, 0) is 0 Å². The zero-order valence-electron chi connectivity index (χ0n) is 35.5. The number of hydrogen-bond donors (Lipinski definition) is 0. The normalized spacial score (nSPS) is 12.3. The maximum absolute atomic E-state index is 16.3. The van der Waals surface area contributed by atoms with Crippen LogP contribution in [0.25, 0.3) is 121 Å². The fraction of sp³-hybridized carbons (Fsp3) is 0. The topological polar surface area (TPSA) is 0 Å². The molecule has 368 valence electrons. The van der Waals surface area contributed by atoms with Crippen molar-refractivity contribution in [3.63, 3.8) is 0 Å². The van der Waals surface area contributed by atoms with Crippen molar-refractivity contribution in [3.8, 4) is 89.0 Å². The Morgan fingerprint density at radius 2 is 0.297 bits per heavy atom. The van der Waals surface area contributed by atoms with E-state index in [4.69, 9.17) is 0 Å². The lowest BCUT2D eigenvalue weighted by Gasteiger charge is -2.22. The summed E-state index contributed by atoms with van der Waals surface area (Å²) in [6.45, 7) is 0. The SMILES string of the molecule is Fc1c(F)c(F)c(-c2c3c(c(-c4c(F)c(F)c(F)c(F)c4F)c4ccccc24)-c2ccc4c5c(ccc-3c25)-c2c-4c(-c3c(F)c(F)c(F)c(F)c3F)c3ccccc3c2-c2c(F)c(F)c(F)c(F)c2F)c(F)c1F. The molecule has 0 fully saturated rings. The molecule has 0 bridgehead atoms. The monoisotopic (exact) mass is 1040 g/mol. The van der Waals surface area contributed by atoms with E-state index in [0.717, 1.165) is 72.8 Å². The van der Waals surface area contributed by atoms with Crippen LogP contribution in [0.2, 0.25) is 0 Å². The Kier molecular flexibility index (Phi) is 9.80. The van der Waals surface area contributed by atoms with Crippen LogP contribution in [0.5, 0.6) is 0 Å². The van der Waals surface area contributed by atoms with Gasteiger partial charge in [0.25, 0.3) is 0 Å². The van der Waals surface area contributed by atoms with Gasteiger partial charge in [0.2, 0.25) is 23.3 Å². The van der Waals surface area contributed by atoms with E-state index in [9.17, 15) is 17.6 Å². The maximum atomic E-state index is 16.3. The van der Waals surface area contributed by atoms with Crippen LogP contribution in [0.3, 0.4) is 0 Å². The zero-order valence-corrected chi connectivity index (χ0v) is 35.5. The molecular weight excluding hydrogens is 1030 g/mol. The van der Waals surface area contributed by atoms with E-state index in [2.05, 4.69) is 0 Å². The molecule has 0 amide bonds. The lowest BCUT2D eigenvalue weighted by Crippen LogP contribution is -2.08. The van der Waals surface area contributed by atoms with Crippen LogP contribution in [0.4, 0.5) is 87.8 Å². The molecule has 0 spiro atoms. The van der Waals surface area contributed by atoms with Crippen molar-refractivity contribution in [1.82, 2.24) is 0 Å². The molecule has 0 N–H and O–H groups in total. The summed E-state index contributed by atoms with van der Waals surface area (Å²) in [4.78, 5) is 0. The number of fused-ring (bicyclic) bond motifs is 8.